The summed E-state index contributed by atoms with van der Waals surface area (Å²) in [5.41, 5.74) is 1.48. The summed E-state index contributed by atoms with van der Waals surface area (Å²) in [4.78, 5) is 12.1. The first-order valence-corrected chi connectivity index (χ1v) is 9.69. The molecule has 3 nitrogen and oxygen atoms in total. The predicted octanol–water partition coefficient (Wildman–Crippen LogP) is 5.70. The van der Waals surface area contributed by atoms with Crippen molar-refractivity contribution < 1.29 is 22.7 Å². The maximum absolute atomic E-state index is 13.1. The number of carbonyl (C=O) groups is 1. The number of amides is 1. The molecule has 0 saturated carbocycles. The van der Waals surface area contributed by atoms with Gasteiger partial charge in [-0.3, -0.25) is 4.79 Å². The first-order valence-electron chi connectivity index (χ1n) is 8.71. The molecule has 2 unspecified atom stereocenters. The molecule has 0 saturated heterocycles. The lowest BCUT2D eigenvalue weighted by Gasteiger charge is -2.23. The summed E-state index contributed by atoms with van der Waals surface area (Å²) < 4.78 is 44.0. The van der Waals surface area contributed by atoms with Crippen molar-refractivity contribution in [2.45, 2.75) is 45.7 Å². The van der Waals surface area contributed by atoms with Crippen molar-refractivity contribution in [2.24, 2.45) is 5.92 Å². The molecule has 26 heavy (non-hydrogen) atoms. The van der Waals surface area contributed by atoms with Gasteiger partial charge in [0.15, 0.2) is 0 Å². The summed E-state index contributed by atoms with van der Waals surface area (Å²) in [5, 5.41) is 2.66. The third-order valence-corrected chi connectivity index (χ3v) is 5.47. The minimum atomic E-state index is -4.68. The van der Waals surface area contributed by atoms with Crippen LogP contribution in [-0.2, 0) is 9.53 Å². The normalized spacial score (nSPS) is 17.5. The van der Waals surface area contributed by atoms with Gasteiger partial charge in [-0.05, 0) is 29.9 Å². The number of alkyl halides is 3. The monoisotopic (exact) mass is 387 g/mol. The van der Waals surface area contributed by atoms with Crippen LogP contribution in [0.4, 0.5) is 18.9 Å². The number of ether oxygens (including phenoxy) is 1. The van der Waals surface area contributed by atoms with Gasteiger partial charge < -0.3 is 10.1 Å². The molecule has 7 heteroatoms. The van der Waals surface area contributed by atoms with Gasteiger partial charge in [0, 0.05) is 11.4 Å². The molecule has 0 aliphatic carbocycles. The molecule has 1 heterocycles. The number of carbonyl (C=O) groups excluding carboxylic acids is 1. The highest BCUT2D eigenvalue weighted by atomic mass is 32.2. The molecule has 0 aromatic heterocycles. The minimum absolute atomic E-state index is 0.0567. The third kappa shape index (κ3) is 5.19. The summed E-state index contributed by atoms with van der Waals surface area (Å²) >= 11 is 0.877. The average molecular weight is 387 g/mol. The zero-order valence-electron chi connectivity index (χ0n) is 15.2. The van der Waals surface area contributed by atoms with Crippen molar-refractivity contribution in [3.8, 4) is 0 Å². The smallest absolute Gasteiger partial charge is 0.450 e. The van der Waals surface area contributed by atoms with E-state index in [1.54, 1.807) is 12.1 Å². The molecule has 1 aromatic rings. The van der Waals surface area contributed by atoms with E-state index in [-0.39, 0.29) is 12.5 Å². The van der Waals surface area contributed by atoms with Crippen molar-refractivity contribution in [1.82, 2.24) is 0 Å². The molecule has 1 aliphatic rings. The van der Waals surface area contributed by atoms with Gasteiger partial charge in [0.2, 0.25) is 5.76 Å². The van der Waals surface area contributed by atoms with Crippen molar-refractivity contribution >= 4 is 23.4 Å². The number of allylic oxidation sites excluding steroid dienone is 1. The summed E-state index contributed by atoms with van der Waals surface area (Å²) in [6, 6.07) is 7.27. The van der Waals surface area contributed by atoms with E-state index in [0.29, 0.717) is 17.4 Å². The molecule has 1 aliphatic heterocycles. The molecule has 0 spiro atoms. The molecular weight excluding hydrogens is 363 g/mol. The SMILES string of the molecule is CCC(C)CC(C)c1ccccc1NC(=O)C1=C(C(F)(F)F)OCCS1. The van der Waals surface area contributed by atoms with Crippen LogP contribution in [0.25, 0.3) is 0 Å². The number of nitrogens with one attached hydrogen (secondary N) is 1. The fraction of sp³-hybridized carbons (Fsp3) is 0.526. The molecule has 2 rings (SSSR count). The number of benzene rings is 1. The van der Waals surface area contributed by atoms with E-state index in [0.717, 1.165) is 30.2 Å². The fourth-order valence-electron chi connectivity index (χ4n) is 2.91. The van der Waals surface area contributed by atoms with Gasteiger partial charge in [-0.15, -0.1) is 11.8 Å². The van der Waals surface area contributed by atoms with Crippen LogP contribution in [0, 0.1) is 5.92 Å². The van der Waals surface area contributed by atoms with E-state index in [1.165, 1.54) is 0 Å². The molecule has 1 amide bonds. The Morgan fingerprint density at radius 1 is 1.31 bits per heavy atom. The van der Waals surface area contributed by atoms with E-state index >= 15 is 0 Å². The number of thioether (sulfide) groups is 1. The average Bonchev–Trinajstić information content (AvgIpc) is 2.61. The Hall–Kier alpha value is -1.63. The second-order valence-electron chi connectivity index (χ2n) is 6.54. The van der Waals surface area contributed by atoms with Crippen molar-refractivity contribution in [3.63, 3.8) is 0 Å². The van der Waals surface area contributed by atoms with Crippen molar-refractivity contribution in [2.75, 3.05) is 17.7 Å². The van der Waals surface area contributed by atoms with E-state index < -0.39 is 22.7 Å². The van der Waals surface area contributed by atoms with Crippen LogP contribution in [0.2, 0.25) is 0 Å². The van der Waals surface area contributed by atoms with Crippen LogP contribution in [0.15, 0.2) is 34.9 Å². The third-order valence-electron chi connectivity index (χ3n) is 4.44. The Bertz CT molecular complexity index is 673. The summed E-state index contributed by atoms with van der Waals surface area (Å²) in [5.74, 6) is -0.945. The summed E-state index contributed by atoms with van der Waals surface area (Å²) in [6.45, 7) is 6.29. The van der Waals surface area contributed by atoms with Gasteiger partial charge in [-0.2, -0.15) is 13.2 Å². The van der Waals surface area contributed by atoms with Gasteiger partial charge in [0.1, 0.15) is 4.91 Å². The quantitative estimate of drug-likeness (QED) is 0.680. The Kier molecular flexibility index (Phi) is 7.03. The molecule has 2 atom stereocenters. The van der Waals surface area contributed by atoms with Gasteiger partial charge >= 0.3 is 6.18 Å². The number of para-hydroxylation sites is 1. The maximum atomic E-state index is 13.1. The molecule has 1 aromatic carbocycles. The summed E-state index contributed by atoms with van der Waals surface area (Å²) in [6.07, 6.45) is -2.68. The Labute approximate surface area is 156 Å². The number of rotatable bonds is 6. The second-order valence-corrected chi connectivity index (χ2v) is 7.65. The van der Waals surface area contributed by atoms with E-state index in [1.807, 2.05) is 12.1 Å². The number of anilines is 1. The standard InChI is InChI=1S/C19H24F3NO2S/c1-4-12(2)11-13(3)14-7-5-6-8-15(14)23-18(24)16-17(19(20,21)22)25-9-10-26-16/h5-8,12-13H,4,9-11H2,1-3H3,(H,23,24). The Morgan fingerprint density at radius 3 is 2.65 bits per heavy atom. The Balaban J connectivity index is 2.25. The highest BCUT2D eigenvalue weighted by Crippen LogP contribution is 2.38. The van der Waals surface area contributed by atoms with Gasteiger partial charge in [0.25, 0.3) is 5.91 Å². The fourth-order valence-corrected chi connectivity index (χ4v) is 3.77. The number of hydrogen-bond donors (Lipinski definition) is 1. The minimum Gasteiger partial charge on any atom is -0.487 e. The predicted molar refractivity (Wildman–Crippen MR) is 99.0 cm³/mol. The zero-order valence-corrected chi connectivity index (χ0v) is 16.0. The number of hydrogen-bond acceptors (Lipinski definition) is 3. The van der Waals surface area contributed by atoms with Crippen LogP contribution < -0.4 is 5.32 Å². The van der Waals surface area contributed by atoms with Crippen LogP contribution in [0.1, 0.15) is 45.1 Å². The van der Waals surface area contributed by atoms with E-state index in [2.05, 4.69) is 26.1 Å². The van der Waals surface area contributed by atoms with Crippen molar-refractivity contribution in [3.05, 3.63) is 40.5 Å². The molecule has 144 valence electrons. The van der Waals surface area contributed by atoms with Gasteiger partial charge in [0.05, 0.1) is 6.61 Å². The molecule has 0 fully saturated rings. The molecule has 0 bridgehead atoms. The van der Waals surface area contributed by atoms with Gasteiger partial charge in [-0.25, -0.2) is 0 Å². The van der Waals surface area contributed by atoms with Gasteiger partial charge in [-0.1, -0.05) is 45.4 Å². The maximum Gasteiger partial charge on any atom is 0.450 e. The first-order chi connectivity index (χ1) is 12.2. The second kappa shape index (κ2) is 8.84. The molecular formula is C19H24F3NO2S. The first kappa shape index (κ1) is 20.7. The lowest BCUT2D eigenvalue weighted by molar-refractivity contribution is -0.133. The van der Waals surface area contributed by atoms with Crippen LogP contribution >= 0.6 is 11.8 Å². The van der Waals surface area contributed by atoms with Crippen molar-refractivity contribution in [1.29, 1.82) is 0 Å². The van der Waals surface area contributed by atoms with Crippen LogP contribution in [-0.4, -0.2) is 24.4 Å². The molecule has 1 N–H and O–H groups in total. The highest BCUT2D eigenvalue weighted by Gasteiger charge is 2.42. The summed E-state index contributed by atoms with van der Waals surface area (Å²) in [7, 11) is 0. The lowest BCUT2D eigenvalue weighted by atomic mass is 9.89. The Morgan fingerprint density at radius 2 is 2.00 bits per heavy atom. The number of halogens is 3. The van der Waals surface area contributed by atoms with E-state index in [4.69, 9.17) is 4.74 Å². The largest absolute Gasteiger partial charge is 0.487 e. The zero-order chi connectivity index (χ0) is 19.3. The molecule has 0 radical (unpaired) electrons. The van der Waals surface area contributed by atoms with Crippen LogP contribution in [0.5, 0.6) is 0 Å². The van der Waals surface area contributed by atoms with E-state index in [9.17, 15) is 18.0 Å². The lowest BCUT2D eigenvalue weighted by Crippen LogP contribution is -2.26. The van der Waals surface area contributed by atoms with Crippen LogP contribution in [0.3, 0.4) is 0 Å². The topological polar surface area (TPSA) is 38.3 Å². The highest BCUT2D eigenvalue weighted by molar-refractivity contribution is 8.04.